The molecular weight excluding hydrogens is 346 g/mol. The lowest BCUT2D eigenvalue weighted by Gasteiger charge is -2.17. The third-order valence-electron chi connectivity index (χ3n) is 3.50. The van der Waals surface area contributed by atoms with Gasteiger partial charge in [0.25, 0.3) is 0 Å². The Labute approximate surface area is 137 Å². The average molecular weight is 364 g/mol. The van der Waals surface area contributed by atoms with E-state index in [1.807, 2.05) is 23.0 Å². The average Bonchev–Trinajstić information content (AvgIpc) is 3.09. The van der Waals surface area contributed by atoms with Crippen molar-refractivity contribution in [3.8, 4) is 0 Å². The quantitative estimate of drug-likeness (QED) is 0.701. The van der Waals surface area contributed by atoms with E-state index < -0.39 is 0 Å². The molecule has 0 aliphatic heterocycles. The zero-order chi connectivity index (χ0) is 14.7. The fourth-order valence-electron chi connectivity index (χ4n) is 2.50. The van der Waals surface area contributed by atoms with Crippen LogP contribution in [0.15, 0.2) is 46.5 Å². The van der Waals surface area contributed by atoms with Crippen molar-refractivity contribution in [3.63, 3.8) is 0 Å². The predicted molar refractivity (Wildman–Crippen MR) is 91.9 cm³/mol. The minimum absolute atomic E-state index is 0.301. The van der Waals surface area contributed by atoms with Crippen LogP contribution in [-0.4, -0.2) is 16.2 Å². The minimum Gasteiger partial charge on any atom is -0.310 e. The lowest BCUT2D eigenvalue weighted by atomic mass is 10.0. The maximum atomic E-state index is 4.47. The highest BCUT2D eigenvalue weighted by Crippen LogP contribution is 2.27. The highest BCUT2D eigenvalue weighted by Gasteiger charge is 2.17. The van der Waals surface area contributed by atoms with Crippen LogP contribution in [-0.2, 0) is 6.42 Å². The molecule has 0 saturated heterocycles. The number of pyridine rings is 1. The third kappa shape index (κ3) is 3.36. The molecule has 0 aliphatic carbocycles. The molecule has 0 amide bonds. The molecule has 0 saturated carbocycles. The first-order chi connectivity index (χ1) is 10.3. The second-order valence-corrected chi connectivity index (χ2v) is 6.98. The largest absolute Gasteiger partial charge is 0.310 e. The lowest BCUT2D eigenvalue weighted by Crippen LogP contribution is -2.23. The van der Waals surface area contributed by atoms with Gasteiger partial charge in [-0.25, -0.2) is 4.52 Å². The predicted octanol–water partition coefficient (Wildman–Crippen LogP) is 4.44. The van der Waals surface area contributed by atoms with Gasteiger partial charge in [-0.05, 0) is 47.1 Å². The number of hydrogen-bond donors (Lipinski definition) is 1. The van der Waals surface area contributed by atoms with Gasteiger partial charge in [-0.1, -0.05) is 13.0 Å². The summed E-state index contributed by atoms with van der Waals surface area (Å²) in [4.78, 5) is 1.38. The van der Waals surface area contributed by atoms with Gasteiger partial charge in [0.2, 0.25) is 0 Å². The smallest absolute Gasteiger partial charge is 0.0709 e. The van der Waals surface area contributed by atoms with E-state index in [9.17, 15) is 0 Å². The number of rotatable bonds is 6. The monoisotopic (exact) mass is 363 g/mol. The van der Waals surface area contributed by atoms with Gasteiger partial charge < -0.3 is 5.32 Å². The summed E-state index contributed by atoms with van der Waals surface area (Å²) in [6, 6.07) is 8.72. The Kier molecular flexibility index (Phi) is 4.73. The first kappa shape index (κ1) is 14.8. The summed E-state index contributed by atoms with van der Waals surface area (Å²) in [6.45, 7) is 3.21. The van der Waals surface area contributed by atoms with Crippen molar-refractivity contribution in [3.05, 3.63) is 57.0 Å². The van der Waals surface area contributed by atoms with Crippen LogP contribution in [0, 0.1) is 0 Å². The summed E-state index contributed by atoms with van der Waals surface area (Å²) >= 11 is 5.34. The van der Waals surface area contributed by atoms with Gasteiger partial charge in [0.1, 0.15) is 0 Å². The van der Waals surface area contributed by atoms with Gasteiger partial charge >= 0.3 is 0 Å². The van der Waals surface area contributed by atoms with E-state index in [0.29, 0.717) is 6.04 Å². The van der Waals surface area contributed by atoms with Crippen molar-refractivity contribution in [1.82, 2.24) is 14.9 Å². The minimum atomic E-state index is 0.301. The van der Waals surface area contributed by atoms with E-state index in [0.717, 1.165) is 23.9 Å². The Bertz CT molecular complexity index is 719. The molecule has 0 fully saturated rings. The summed E-state index contributed by atoms with van der Waals surface area (Å²) in [5.41, 5.74) is 2.45. The van der Waals surface area contributed by atoms with E-state index in [-0.39, 0.29) is 0 Å². The fraction of sp³-hybridized carbons (Fsp3) is 0.312. The molecule has 5 heteroatoms. The summed E-state index contributed by atoms with van der Waals surface area (Å²) in [5.74, 6) is 0. The molecule has 3 rings (SSSR count). The Hall–Kier alpha value is -1.17. The highest BCUT2D eigenvalue weighted by atomic mass is 79.9. The number of nitrogens with zero attached hydrogens (tertiary/aromatic N) is 2. The van der Waals surface area contributed by atoms with Crippen LogP contribution in [0.3, 0.4) is 0 Å². The first-order valence-corrected chi connectivity index (χ1v) is 8.83. The zero-order valence-electron chi connectivity index (χ0n) is 11.9. The molecule has 0 radical (unpaired) electrons. The second-order valence-electron chi connectivity index (χ2n) is 5.07. The fourth-order valence-corrected chi connectivity index (χ4v) is 3.99. The van der Waals surface area contributed by atoms with Crippen molar-refractivity contribution in [2.75, 3.05) is 6.54 Å². The van der Waals surface area contributed by atoms with E-state index in [1.165, 1.54) is 16.0 Å². The van der Waals surface area contributed by atoms with Gasteiger partial charge in [-0.15, -0.1) is 11.3 Å². The Morgan fingerprint density at radius 1 is 1.43 bits per heavy atom. The second kappa shape index (κ2) is 6.73. The van der Waals surface area contributed by atoms with Gasteiger partial charge in [0, 0.05) is 39.0 Å². The van der Waals surface area contributed by atoms with E-state index in [2.05, 4.69) is 56.8 Å². The number of thiophene rings is 1. The summed E-state index contributed by atoms with van der Waals surface area (Å²) in [7, 11) is 0. The molecule has 3 aromatic rings. The molecule has 0 aromatic carbocycles. The van der Waals surface area contributed by atoms with Gasteiger partial charge in [-0.3, -0.25) is 0 Å². The molecule has 3 nitrogen and oxygen atoms in total. The number of fused-ring (bicyclic) bond motifs is 1. The molecule has 3 aromatic heterocycles. The van der Waals surface area contributed by atoms with Crippen LogP contribution < -0.4 is 5.32 Å². The number of hydrogen-bond acceptors (Lipinski definition) is 3. The van der Waals surface area contributed by atoms with Crippen molar-refractivity contribution < 1.29 is 0 Å². The van der Waals surface area contributed by atoms with Crippen molar-refractivity contribution in [2.24, 2.45) is 0 Å². The number of nitrogens with one attached hydrogen (secondary N) is 1. The standard InChI is InChI=1S/C16H18BrN3S/c1-2-6-18-15(9-13-8-12(17)11-21-13)14-10-19-20-7-4-3-5-16(14)20/h3-5,7-8,10-11,15,18H,2,6,9H2,1H3. The van der Waals surface area contributed by atoms with Crippen LogP contribution in [0.4, 0.5) is 0 Å². The molecule has 21 heavy (non-hydrogen) atoms. The summed E-state index contributed by atoms with van der Waals surface area (Å²) in [6.07, 6.45) is 6.11. The molecule has 0 spiro atoms. The maximum Gasteiger partial charge on any atom is 0.0709 e. The summed E-state index contributed by atoms with van der Waals surface area (Å²) < 4.78 is 3.11. The summed E-state index contributed by atoms with van der Waals surface area (Å²) in [5, 5.41) is 10.3. The van der Waals surface area contributed by atoms with Gasteiger partial charge in [-0.2, -0.15) is 5.10 Å². The number of aromatic nitrogens is 2. The highest BCUT2D eigenvalue weighted by molar-refractivity contribution is 9.10. The van der Waals surface area contributed by atoms with Crippen LogP contribution in [0.1, 0.15) is 29.8 Å². The maximum absolute atomic E-state index is 4.47. The van der Waals surface area contributed by atoms with Gasteiger partial charge in [0.15, 0.2) is 0 Å². The Morgan fingerprint density at radius 3 is 3.10 bits per heavy atom. The first-order valence-electron chi connectivity index (χ1n) is 7.16. The zero-order valence-corrected chi connectivity index (χ0v) is 14.3. The van der Waals surface area contributed by atoms with Gasteiger partial charge in [0.05, 0.1) is 11.7 Å². The van der Waals surface area contributed by atoms with Crippen LogP contribution in [0.5, 0.6) is 0 Å². The van der Waals surface area contributed by atoms with Crippen LogP contribution in [0.25, 0.3) is 5.52 Å². The number of halogens is 1. The van der Waals surface area contributed by atoms with E-state index >= 15 is 0 Å². The van der Waals surface area contributed by atoms with E-state index in [1.54, 1.807) is 11.3 Å². The van der Waals surface area contributed by atoms with Crippen LogP contribution in [0.2, 0.25) is 0 Å². The lowest BCUT2D eigenvalue weighted by molar-refractivity contribution is 0.535. The normalized spacial score (nSPS) is 12.9. The third-order valence-corrected chi connectivity index (χ3v) is 5.22. The van der Waals surface area contributed by atoms with Crippen LogP contribution >= 0.6 is 27.3 Å². The topological polar surface area (TPSA) is 29.3 Å². The Balaban J connectivity index is 1.91. The molecule has 110 valence electrons. The van der Waals surface area contributed by atoms with Crippen molar-refractivity contribution in [2.45, 2.75) is 25.8 Å². The Morgan fingerprint density at radius 2 is 2.33 bits per heavy atom. The molecule has 0 aliphatic rings. The SMILES string of the molecule is CCCNC(Cc1cc(Br)cs1)c1cnn2ccccc12. The van der Waals surface area contributed by atoms with Crippen molar-refractivity contribution in [1.29, 1.82) is 0 Å². The molecule has 1 unspecified atom stereocenters. The molecular formula is C16H18BrN3S. The molecule has 0 bridgehead atoms. The van der Waals surface area contributed by atoms with E-state index in [4.69, 9.17) is 0 Å². The molecule has 1 N–H and O–H groups in total. The molecule has 1 atom stereocenters. The molecule has 3 heterocycles. The van der Waals surface area contributed by atoms with Crippen molar-refractivity contribution >= 4 is 32.8 Å².